The lowest BCUT2D eigenvalue weighted by Crippen LogP contribution is -2.36. The van der Waals surface area contributed by atoms with E-state index in [9.17, 15) is 4.79 Å². The third-order valence-corrected chi connectivity index (χ3v) is 3.59. The first-order valence-corrected chi connectivity index (χ1v) is 6.23. The number of hydrogen-bond acceptors (Lipinski definition) is 4. The second-order valence-corrected chi connectivity index (χ2v) is 4.92. The molecule has 1 aromatic carbocycles. The van der Waals surface area contributed by atoms with Gasteiger partial charge in [-0.3, -0.25) is 4.98 Å². The van der Waals surface area contributed by atoms with E-state index in [1.54, 1.807) is 26.1 Å². The highest BCUT2D eigenvalue weighted by Crippen LogP contribution is 2.27. The van der Waals surface area contributed by atoms with Gasteiger partial charge in [0.2, 0.25) is 0 Å². The maximum absolute atomic E-state index is 10.9. The molecule has 1 unspecified atom stereocenters. The average molecular weight is 300 g/mol. The molecule has 0 radical (unpaired) electrons. The van der Waals surface area contributed by atoms with E-state index in [0.29, 0.717) is 26.9 Å². The fraction of sp³-hybridized carbons (Fsp3) is 0.250. The molecule has 0 saturated carbocycles. The molecular formula is C12H11Cl2N3O2. The predicted molar refractivity (Wildman–Crippen MR) is 75.1 cm³/mol. The van der Waals surface area contributed by atoms with Gasteiger partial charge in [-0.25, -0.2) is 9.78 Å². The lowest BCUT2D eigenvalue weighted by Gasteiger charge is -2.22. The maximum Gasteiger partial charge on any atom is 0.326 e. The Morgan fingerprint density at radius 3 is 2.47 bits per heavy atom. The van der Waals surface area contributed by atoms with Crippen LogP contribution in [0.4, 0.5) is 5.82 Å². The van der Waals surface area contributed by atoms with Crippen molar-refractivity contribution in [3.8, 4) is 0 Å². The van der Waals surface area contributed by atoms with Gasteiger partial charge in [-0.05, 0) is 19.1 Å². The molecule has 0 fully saturated rings. The van der Waals surface area contributed by atoms with Crippen LogP contribution in [0.2, 0.25) is 10.0 Å². The van der Waals surface area contributed by atoms with E-state index in [-0.39, 0.29) is 0 Å². The highest BCUT2D eigenvalue weighted by Gasteiger charge is 2.18. The number of anilines is 1. The maximum atomic E-state index is 10.9. The molecule has 0 spiro atoms. The minimum atomic E-state index is -0.932. The molecule has 1 atom stereocenters. The van der Waals surface area contributed by atoms with Crippen LogP contribution >= 0.6 is 23.2 Å². The summed E-state index contributed by atoms with van der Waals surface area (Å²) < 4.78 is 0. The molecule has 0 amide bonds. The Morgan fingerprint density at radius 2 is 1.89 bits per heavy atom. The zero-order valence-electron chi connectivity index (χ0n) is 10.3. The Morgan fingerprint density at radius 1 is 1.32 bits per heavy atom. The standard InChI is InChI=1S/C12H11Cl2N3O2/c1-6(12(18)19)17(2)11-5-15-9-3-7(13)8(14)4-10(9)16-11/h3-6H,1-2H3,(H,18,19). The number of aromatic nitrogens is 2. The highest BCUT2D eigenvalue weighted by atomic mass is 35.5. The zero-order chi connectivity index (χ0) is 14.2. The summed E-state index contributed by atoms with van der Waals surface area (Å²) in [6, 6.07) is 2.53. The predicted octanol–water partition coefficient (Wildman–Crippen LogP) is 2.85. The summed E-state index contributed by atoms with van der Waals surface area (Å²) in [7, 11) is 1.64. The van der Waals surface area contributed by atoms with Crippen molar-refractivity contribution in [3.63, 3.8) is 0 Å². The molecule has 5 nitrogen and oxygen atoms in total. The van der Waals surface area contributed by atoms with Crippen LogP contribution in [0.15, 0.2) is 18.3 Å². The first-order valence-electron chi connectivity index (χ1n) is 5.47. The van der Waals surface area contributed by atoms with Gasteiger partial charge in [0.05, 0.1) is 27.3 Å². The van der Waals surface area contributed by atoms with Gasteiger partial charge >= 0.3 is 5.97 Å². The molecule has 7 heteroatoms. The monoisotopic (exact) mass is 299 g/mol. The van der Waals surface area contributed by atoms with Crippen molar-refractivity contribution in [2.24, 2.45) is 0 Å². The summed E-state index contributed by atoms with van der Waals surface area (Å²) in [4.78, 5) is 21.0. The van der Waals surface area contributed by atoms with E-state index in [2.05, 4.69) is 9.97 Å². The third-order valence-electron chi connectivity index (χ3n) is 2.87. The minimum Gasteiger partial charge on any atom is -0.480 e. The summed E-state index contributed by atoms with van der Waals surface area (Å²) in [6.07, 6.45) is 1.51. The number of likely N-dealkylation sites (N-methyl/N-ethyl adjacent to an activating group) is 1. The number of rotatable bonds is 3. The first-order chi connectivity index (χ1) is 8.90. The fourth-order valence-corrected chi connectivity index (χ4v) is 1.85. The fourth-order valence-electron chi connectivity index (χ4n) is 1.53. The second kappa shape index (κ2) is 5.19. The number of carbonyl (C=O) groups is 1. The minimum absolute atomic E-state index is 0.384. The quantitative estimate of drug-likeness (QED) is 0.944. The number of aliphatic carboxylic acids is 1. The van der Waals surface area contributed by atoms with Crippen LogP contribution in [0.3, 0.4) is 0 Å². The average Bonchev–Trinajstić information content (AvgIpc) is 2.37. The molecule has 1 N–H and O–H groups in total. The SMILES string of the molecule is CC(C(=O)O)N(C)c1cnc2cc(Cl)c(Cl)cc2n1. The van der Waals surface area contributed by atoms with Gasteiger partial charge in [0.15, 0.2) is 0 Å². The van der Waals surface area contributed by atoms with E-state index in [0.717, 1.165) is 0 Å². The van der Waals surface area contributed by atoms with E-state index in [4.69, 9.17) is 28.3 Å². The number of halogens is 2. The largest absolute Gasteiger partial charge is 0.480 e. The topological polar surface area (TPSA) is 66.3 Å². The number of fused-ring (bicyclic) bond motifs is 1. The lowest BCUT2D eigenvalue weighted by molar-refractivity contribution is -0.138. The van der Waals surface area contributed by atoms with Gasteiger partial charge in [-0.1, -0.05) is 23.2 Å². The second-order valence-electron chi connectivity index (χ2n) is 4.11. The highest BCUT2D eigenvalue weighted by molar-refractivity contribution is 6.42. The van der Waals surface area contributed by atoms with Crippen molar-refractivity contribution in [2.75, 3.05) is 11.9 Å². The summed E-state index contributed by atoms with van der Waals surface area (Å²) in [6.45, 7) is 1.57. The molecule has 19 heavy (non-hydrogen) atoms. The Hall–Kier alpha value is -1.59. The van der Waals surface area contributed by atoms with E-state index in [1.165, 1.54) is 11.1 Å². The molecule has 2 rings (SSSR count). The van der Waals surface area contributed by atoms with Crippen LogP contribution in [-0.4, -0.2) is 34.1 Å². The van der Waals surface area contributed by atoms with Crippen LogP contribution in [0.25, 0.3) is 11.0 Å². The van der Waals surface area contributed by atoms with Crippen molar-refractivity contribution < 1.29 is 9.90 Å². The molecule has 0 aliphatic rings. The van der Waals surface area contributed by atoms with Gasteiger partial charge in [0.1, 0.15) is 11.9 Å². The number of hydrogen-bond donors (Lipinski definition) is 1. The zero-order valence-corrected chi connectivity index (χ0v) is 11.8. The normalized spacial score (nSPS) is 12.4. The van der Waals surface area contributed by atoms with Crippen LogP contribution < -0.4 is 4.90 Å². The Labute approximate surface area is 119 Å². The van der Waals surface area contributed by atoms with Crippen LogP contribution in [0.1, 0.15) is 6.92 Å². The van der Waals surface area contributed by atoms with Gasteiger partial charge < -0.3 is 10.0 Å². The molecule has 1 aromatic heterocycles. The molecule has 100 valence electrons. The molecular weight excluding hydrogens is 289 g/mol. The summed E-state index contributed by atoms with van der Waals surface area (Å²) in [5.41, 5.74) is 1.17. The third kappa shape index (κ3) is 2.72. The number of benzene rings is 1. The van der Waals surface area contributed by atoms with Crippen molar-refractivity contribution in [2.45, 2.75) is 13.0 Å². The van der Waals surface area contributed by atoms with E-state index in [1.807, 2.05) is 0 Å². The molecule has 0 aliphatic carbocycles. The molecule has 0 saturated heterocycles. The van der Waals surface area contributed by atoms with Crippen LogP contribution in [0, 0.1) is 0 Å². The lowest BCUT2D eigenvalue weighted by atomic mass is 10.3. The summed E-state index contributed by atoms with van der Waals surface area (Å²) in [5, 5.41) is 9.77. The van der Waals surface area contributed by atoms with Crippen LogP contribution in [0.5, 0.6) is 0 Å². The van der Waals surface area contributed by atoms with Gasteiger partial charge in [-0.15, -0.1) is 0 Å². The van der Waals surface area contributed by atoms with Crippen molar-refractivity contribution in [1.82, 2.24) is 9.97 Å². The van der Waals surface area contributed by atoms with Gasteiger partial charge in [-0.2, -0.15) is 0 Å². The first kappa shape index (κ1) is 13.8. The number of nitrogens with zero attached hydrogens (tertiary/aromatic N) is 3. The Kier molecular flexibility index (Phi) is 3.78. The Balaban J connectivity index is 2.46. The molecule has 0 aliphatic heterocycles. The van der Waals surface area contributed by atoms with Crippen LogP contribution in [-0.2, 0) is 4.79 Å². The van der Waals surface area contributed by atoms with Gasteiger partial charge in [0, 0.05) is 7.05 Å². The van der Waals surface area contributed by atoms with Crippen molar-refractivity contribution in [1.29, 1.82) is 0 Å². The van der Waals surface area contributed by atoms with Crippen molar-refractivity contribution >= 4 is 46.0 Å². The number of carboxylic acids is 1. The summed E-state index contributed by atoms with van der Waals surface area (Å²) in [5.74, 6) is -0.473. The molecule has 0 bridgehead atoms. The van der Waals surface area contributed by atoms with E-state index < -0.39 is 12.0 Å². The Bertz CT molecular complexity index is 648. The molecule has 1 heterocycles. The number of carboxylic acid groups (broad SMARTS) is 1. The van der Waals surface area contributed by atoms with E-state index >= 15 is 0 Å². The van der Waals surface area contributed by atoms with Crippen molar-refractivity contribution in [3.05, 3.63) is 28.4 Å². The smallest absolute Gasteiger partial charge is 0.326 e. The summed E-state index contributed by atoms with van der Waals surface area (Å²) >= 11 is 11.8. The molecule has 2 aromatic rings. The van der Waals surface area contributed by atoms with Gasteiger partial charge in [0.25, 0.3) is 0 Å².